The lowest BCUT2D eigenvalue weighted by Gasteiger charge is -2.37. The first-order valence-corrected chi connectivity index (χ1v) is 5.51. The van der Waals surface area contributed by atoms with Gasteiger partial charge in [-0.1, -0.05) is 12.2 Å². The molecule has 1 aliphatic heterocycles. The molecule has 4 aliphatic carbocycles. The highest BCUT2D eigenvalue weighted by atomic mass is 16.2. The molecule has 3 fully saturated rings. The maximum atomic E-state index is 11.9. The summed E-state index contributed by atoms with van der Waals surface area (Å²) in [5.74, 6) is 6.80. The van der Waals surface area contributed by atoms with Crippen molar-refractivity contribution >= 4 is 11.8 Å². The molecule has 15 heavy (non-hydrogen) atoms. The van der Waals surface area contributed by atoms with E-state index in [1.807, 2.05) is 0 Å². The summed E-state index contributed by atoms with van der Waals surface area (Å²) in [6.07, 6.45) is 5.48. The van der Waals surface area contributed by atoms with Gasteiger partial charge in [0, 0.05) is 0 Å². The number of amides is 2. The van der Waals surface area contributed by atoms with Crippen molar-refractivity contribution < 1.29 is 9.59 Å². The first-order valence-electron chi connectivity index (χ1n) is 5.51. The molecule has 0 unspecified atom stereocenters. The van der Waals surface area contributed by atoms with Gasteiger partial charge in [0.1, 0.15) is 0 Å². The van der Waals surface area contributed by atoms with Crippen LogP contribution in [-0.4, -0.2) is 16.8 Å². The van der Waals surface area contributed by atoms with E-state index >= 15 is 0 Å². The molecule has 5 rings (SSSR count). The molecule has 0 radical (unpaired) electrons. The highest BCUT2D eigenvalue weighted by molar-refractivity contribution is 6.05. The quantitative estimate of drug-likeness (QED) is 0.260. The molecular weight excluding hydrogens is 192 g/mol. The number of allylic oxidation sites excluding steroid dienone is 2. The summed E-state index contributed by atoms with van der Waals surface area (Å²) in [6.45, 7) is 0. The fourth-order valence-corrected chi connectivity index (χ4v) is 3.98. The van der Waals surface area contributed by atoms with Crippen LogP contribution in [0.15, 0.2) is 12.2 Å². The lowest BCUT2D eigenvalue weighted by Crippen LogP contribution is -2.40. The van der Waals surface area contributed by atoms with Gasteiger partial charge in [0.05, 0.1) is 11.8 Å². The molecular formula is C11H12N2O2. The minimum absolute atomic E-state index is 0.138. The smallest absolute Gasteiger partial charge is 0.248 e. The number of carbonyl (C=O) groups is 2. The van der Waals surface area contributed by atoms with Gasteiger partial charge in [-0.2, -0.15) is 0 Å². The third kappa shape index (κ3) is 0.718. The lowest BCUT2D eigenvalue weighted by atomic mass is 9.63. The van der Waals surface area contributed by atoms with E-state index < -0.39 is 0 Å². The van der Waals surface area contributed by atoms with Crippen molar-refractivity contribution in [1.82, 2.24) is 5.01 Å². The molecule has 0 aromatic rings. The number of imide groups is 1. The maximum absolute atomic E-state index is 11.9. The van der Waals surface area contributed by atoms with Crippen molar-refractivity contribution in [3.8, 4) is 0 Å². The molecule has 1 saturated heterocycles. The Morgan fingerprint density at radius 3 is 2.00 bits per heavy atom. The van der Waals surface area contributed by atoms with Gasteiger partial charge in [0.15, 0.2) is 0 Å². The summed E-state index contributed by atoms with van der Waals surface area (Å²) in [6, 6.07) is 0. The Balaban J connectivity index is 1.86. The lowest BCUT2D eigenvalue weighted by molar-refractivity contribution is -0.140. The molecule has 0 aromatic carbocycles. The average Bonchev–Trinajstić information content (AvgIpc) is 3.02. The number of nitrogens with zero attached hydrogens (tertiary/aromatic N) is 1. The number of hydrogen-bond donors (Lipinski definition) is 1. The highest BCUT2D eigenvalue weighted by Crippen LogP contribution is 2.65. The van der Waals surface area contributed by atoms with Crippen molar-refractivity contribution in [1.29, 1.82) is 0 Å². The summed E-state index contributed by atoms with van der Waals surface area (Å²) in [5, 5.41) is 0.854. The van der Waals surface area contributed by atoms with E-state index in [1.165, 1.54) is 6.42 Å². The molecule has 2 saturated carbocycles. The van der Waals surface area contributed by atoms with Crippen LogP contribution >= 0.6 is 0 Å². The molecule has 6 atom stereocenters. The Hall–Kier alpha value is -1.16. The molecule has 0 spiro atoms. The van der Waals surface area contributed by atoms with E-state index in [0.29, 0.717) is 11.8 Å². The number of carbonyl (C=O) groups excluding carboxylic acids is 2. The zero-order valence-electron chi connectivity index (χ0n) is 8.17. The van der Waals surface area contributed by atoms with Gasteiger partial charge in [-0.05, 0) is 30.1 Å². The van der Waals surface area contributed by atoms with Gasteiger partial charge in [-0.3, -0.25) is 9.59 Å². The van der Waals surface area contributed by atoms with Crippen molar-refractivity contribution in [3.63, 3.8) is 0 Å². The first-order chi connectivity index (χ1) is 7.20. The van der Waals surface area contributed by atoms with E-state index in [-0.39, 0.29) is 35.5 Å². The Bertz CT molecular complexity index is 381. The van der Waals surface area contributed by atoms with E-state index in [9.17, 15) is 9.59 Å². The number of hydrogen-bond acceptors (Lipinski definition) is 3. The van der Waals surface area contributed by atoms with E-state index in [0.717, 1.165) is 5.01 Å². The third-order valence-electron chi connectivity index (χ3n) is 4.70. The monoisotopic (exact) mass is 204 g/mol. The molecule has 78 valence electrons. The second-order valence-corrected chi connectivity index (χ2v) is 5.20. The number of nitrogens with two attached hydrogens (primary N) is 1. The van der Waals surface area contributed by atoms with Crippen molar-refractivity contribution in [2.45, 2.75) is 6.42 Å². The molecule has 4 heteroatoms. The minimum Gasteiger partial charge on any atom is -0.273 e. The minimum atomic E-state index is -0.158. The van der Waals surface area contributed by atoms with Gasteiger partial charge >= 0.3 is 0 Å². The Labute approximate surface area is 87.1 Å². The van der Waals surface area contributed by atoms with Crippen LogP contribution in [0.25, 0.3) is 0 Å². The van der Waals surface area contributed by atoms with Crippen LogP contribution in [0.4, 0.5) is 0 Å². The van der Waals surface area contributed by atoms with Gasteiger partial charge < -0.3 is 0 Å². The fraction of sp³-hybridized carbons (Fsp3) is 0.636. The predicted molar refractivity (Wildman–Crippen MR) is 50.7 cm³/mol. The van der Waals surface area contributed by atoms with Gasteiger partial charge in [-0.15, -0.1) is 0 Å². The molecule has 5 aliphatic rings. The Kier molecular flexibility index (Phi) is 1.16. The van der Waals surface area contributed by atoms with Gasteiger partial charge in [0.25, 0.3) is 0 Å². The molecule has 2 N–H and O–H groups in total. The molecule has 1 heterocycles. The van der Waals surface area contributed by atoms with Gasteiger partial charge in [-0.25, -0.2) is 10.9 Å². The van der Waals surface area contributed by atoms with Crippen LogP contribution in [0, 0.1) is 35.5 Å². The predicted octanol–water partition coefficient (Wildman–Crippen LogP) is -0.0868. The first kappa shape index (κ1) is 8.05. The van der Waals surface area contributed by atoms with Gasteiger partial charge in [0.2, 0.25) is 11.8 Å². The highest BCUT2D eigenvalue weighted by Gasteiger charge is 2.66. The van der Waals surface area contributed by atoms with Crippen LogP contribution in [0.1, 0.15) is 6.42 Å². The fourth-order valence-electron chi connectivity index (χ4n) is 3.98. The normalized spacial score (nSPS) is 54.6. The van der Waals surface area contributed by atoms with E-state index in [4.69, 9.17) is 5.84 Å². The second-order valence-electron chi connectivity index (χ2n) is 5.20. The zero-order chi connectivity index (χ0) is 10.3. The molecule has 0 aromatic heterocycles. The third-order valence-corrected chi connectivity index (χ3v) is 4.70. The van der Waals surface area contributed by atoms with Crippen molar-refractivity contribution in [2.75, 3.05) is 0 Å². The molecule has 4 nitrogen and oxygen atoms in total. The maximum Gasteiger partial charge on any atom is 0.248 e. The summed E-state index contributed by atoms with van der Waals surface area (Å²) < 4.78 is 0. The van der Waals surface area contributed by atoms with E-state index in [1.54, 1.807) is 0 Å². The van der Waals surface area contributed by atoms with E-state index in [2.05, 4.69) is 12.2 Å². The topological polar surface area (TPSA) is 63.4 Å². The Morgan fingerprint density at radius 2 is 1.53 bits per heavy atom. The summed E-state index contributed by atoms with van der Waals surface area (Å²) in [7, 11) is 0. The Morgan fingerprint density at radius 1 is 1.07 bits per heavy atom. The van der Waals surface area contributed by atoms with Crippen molar-refractivity contribution in [3.05, 3.63) is 12.2 Å². The van der Waals surface area contributed by atoms with Crippen LogP contribution < -0.4 is 5.84 Å². The van der Waals surface area contributed by atoms with Crippen LogP contribution in [-0.2, 0) is 9.59 Å². The number of rotatable bonds is 0. The summed E-state index contributed by atoms with van der Waals surface area (Å²) in [5.41, 5.74) is 0. The largest absolute Gasteiger partial charge is 0.273 e. The average molecular weight is 204 g/mol. The number of hydrazine groups is 1. The van der Waals surface area contributed by atoms with Crippen LogP contribution in [0.5, 0.6) is 0 Å². The van der Waals surface area contributed by atoms with Crippen LogP contribution in [0.2, 0.25) is 0 Å². The molecule has 2 bridgehead atoms. The van der Waals surface area contributed by atoms with Crippen molar-refractivity contribution in [2.24, 2.45) is 41.4 Å². The molecule has 2 amide bonds. The SMILES string of the molecule is NN1C(=O)[C@@H]2[C@@H]3C=C[C@@H]([C@H]4C[C@@H]34)[C@@H]2C1=O. The summed E-state index contributed by atoms with van der Waals surface area (Å²) >= 11 is 0. The second kappa shape index (κ2) is 2.16. The summed E-state index contributed by atoms with van der Waals surface area (Å²) in [4.78, 5) is 23.7. The standard InChI is InChI=1S/C11H12N2O2/c12-13-10(14)8-4-1-2-5(7-3-6(4)7)9(8)11(13)15/h1-2,4-9H,3,12H2/t4-,5+,6+,7-,8-,9+. The van der Waals surface area contributed by atoms with Crippen LogP contribution in [0.3, 0.4) is 0 Å². The zero-order valence-corrected chi connectivity index (χ0v) is 8.17.